The maximum absolute atomic E-state index is 11.1. The Balaban J connectivity index is 2.04. The molecule has 8 heteroatoms. The lowest BCUT2D eigenvalue weighted by atomic mass is 10.2. The van der Waals surface area contributed by atoms with Crippen LogP contribution in [0.25, 0.3) is 0 Å². The fourth-order valence-electron chi connectivity index (χ4n) is 2.10. The summed E-state index contributed by atoms with van der Waals surface area (Å²) < 4.78 is 0. The second-order valence-corrected chi connectivity index (χ2v) is 5.28. The number of carboxylic acids is 1. The maximum Gasteiger partial charge on any atom is 0.342 e. The molecule has 0 saturated heterocycles. The van der Waals surface area contributed by atoms with Crippen molar-refractivity contribution in [2.75, 3.05) is 18.9 Å². The Bertz CT molecular complexity index is 559. The van der Waals surface area contributed by atoms with Crippen LogP contribution in [0.4, 0.5) is 11.5 Å². The number of aromatic nitrogens is 1. The van der Waals surface area contributed by atoms with E-state index in [1.807, 2.05) is 0 Å². The third-order valence-electron chi connectivity index (χ3n) is 3.71. The van der Waals surface area contributed by atoms with E-state index in [1.165, 1.54) is 18.9 Å². The average Bonchev–Trinajstić information content (AvgIpc) is 3.27. The molecule has 1 aromatic heterocycles. The third-order valence-corrected chi connectivity index (χ3v) is 3.71. The summed E-state index contributed by atoms with van der Waals surface area (Å²) in [4.78, 5) is 27.2. The van der Waals surface area contributed by atoms with Crippen LogP contribution in [0.1, 0.15) is 30.1 Å². The molecule has 1 fully saturated rings. The highest BCUT2D eigenvalue weighted by atomic mass is 16.6. The molecule has 21 heavy (non-hydrogen) atoms. The van der Waals surface area contributed by atoms with Gasteiger partial charge >= 0.3 is 11.7 Å². The molecule has 1 atom stereocenters. The molecule has 1 heterocycles. The highest BCUT2D eigenvalue weighted by Gasteiger charge is 2.29. The van der Waals surface area contributed by atoms with Gasteiger partial charge in [-0.05, 0) is 26.8 Å². The van der Waals surface area contributed by atoms with Crippen molar-refractivity contribution in [2.24, 2.45) is 0 Å². The Morgan fingerprint density at radius 1 is 1.67 bits per heavy atom. The van der Waals surface area contributed by atoms with E-state index >= 15 is 0 Å². The predicted molar refractivity (Wildman–Crippen MR) is 76.6 cm³/mol. The highest BCUT2D eigenvalue weighted by molar-refractivity contribution is 5.93. The third kappa shape index (κ3) is 3.66. The monoisotopic (exact) mass is 294 g/mol. The summed E-state index contributed by atoms with van der Waals surface area (Å²) in [6.07, 6.45) is 3.39. The fraction of sp³-hybridized carbons (Fsp3) is 0.538. The Labute approximate surface area is 121 Å². The van der Waals surface area contributed by atoms with Crippen LogP contribution in [0.3, 0.4) is 0 Å². The first-order valence-electron chi connectivity index (χ1n) is 6.73. The topological polar surface area (TPSA) is 109 Å². The summed E-state index contributed by atoms with van der Waals surface area (Å²) >= 11 is 0. The molecule has 0 radical (unpaired) electrons. The summed E-state index contributed by atoms with van der Waals surface area (Å²) in [5, 5.41) is 22.8. The molecule has 0 amide bonds. The van der Waals surface area contributed by atoms with Crippen LogP contribution in [-0.2, 0) is 0 Å². The smallest absolute Gasteiger partial charge is 0.342 e. The zero-order valence-corrected chi connectivity index (χ0v) is 11.9. The van der Waals surface area contributed by atoms with Crippen LogP contribution >= 0.6 is 0 Å². The van der Waals surface area contributed by atoms with E-state index in [1.54, 1.807) is 0 Å². The van der Waals surface area contributed by atoms with Crippen LogP contribution in [0.2, 0.25) is 0 Å². The van der Waals surface area contributed by atoms with Gasteiger partial charge in [-0.2, -0.15) is 0 Å². The molecule has 1 unspecified atom stereocenters. The van der Waals surface area contributed by atoms with Crippen LogP contribution in [0, 0.1) is 10.1 Å². The van der Waals surface area contributed by atoms with Crippen molar-refractivity contribution in [3.63, 3.8) is 0 Å². The first-order chi connectivity index (χ1) is 9.90. The van der Waals surface area contributed by atoms with Crippen molar-refractivity contribution in [1.29, 1.82) is 0 Å². The number of nitro groups is 1. The molecule has 8 nitrogen and oxygen atoms in total. The van der Waals surface area contributed by atoms with E-state index in [4.69, 9.17) is 5.11 Å². The maximum atomic E-state index is 11.1. The molecule has 1 aromatic rings. The SMILES string of the molecule is CC(CNc1cc(C(=O)O)c([N+](=O)[O-])cn1)N(C)C1CC1. The molecule has 0 aromatic carbocycles. The van der Waals surface area contributed by atoms with Crippen molar-refractivity contribution >= 4 is 17.5 Å². The van der Waals surface area contributed by atoms with Gasteiger partial charge in [0.15, 0.2) is 0 Å². The lowest BCUT2D eigenvalue weighted by Crippen LogP contribution is -2.36. The van der Waals surface area contributed by atoms with Gasteiger partial charge in [0.1, 0.15) is 17.6 Å². The Kier molecular flexibility index (Phi) is 4.37. The Hall–Kier alpha value is -2.22. The van der Waals surface area contributed by atoms with Crippen LogP contribution in [-0.4, -0.2) is 51.6 Å². The van der Waals surface area contributed by atoms with E-state index in [-0.39, 0.29) is 11.6 Å². The van der Waals surface area contributed by atoms with Crippen LogP contribution < -0.4 is 5.32 Å². The number of pyridine rings is 1. The van der Waals surface area contributed by atoms with Crippen molar-refractivity contribution in [3.05, 3.63) is 27.9 Å². The molecule has 0 spiro atoms. The van der Waals surface area contributed by atoms with Crippen molar-refractivity contribution in [3.8, 4) is 0 Å². The van der Waals surface area contributed by atoms with E-state index in [0.717, 1.165) is 6.20 Å². The molecular formula is C13H18N4O4. The molecule has 0 bridgehead atoms. The van der Waals surface area contributed by atoms with Gasteiger partial charge in [0, 0.05) is 24.7 Å². The standard InChI is InChI=1S/C13H18N4O4/c1-8(16(2)9-3-4-9)6-14-12-5-10(13(18)19)11(7-15-12)17(20)21/h5,7-9H,3-4,6H2,1-2H3,(H,14,15)(H,18,19). The number of nitrogens with one attached hydrogen (secondary N) is 1. The highest BCUT2D eigenvalue weighted by Crippen LogP contribution is 2.27. The average molecular weight is 294 g/mol. The number of carbonyl (C=O) groups is 1. The number of hydrogen-bond acceptors (Lipinski definition) is 6. The van der Waals surface area contributed by atoms with E-state index < -0.39 is 16.6 Å². The van der Waals surface area contributed by atoms with Gasteiger partial charge in [0.25, 0.3) is 0 Å². The first-order valence-corrected chi connectivity index (χ1v) is 6.73. The fourth-order valence-corrected chi connectivity index (χ4v) is 2.10. The lowest BCUT2D eigenvalue weighted by Gasteiger charge is -2.24. The second kappa shape index (κ2) is 6.04. The molecule has 2 N–H and O–H groups in total. The normalized spacial score (nSPS) is 15.8. The number of aromatic carboxylic acids is 1. The van der Waals surface area contributed by atoms with Crippen LogP contribution in [0.15, 0.2) is 12.3 Å². The van der Waals surface area contributed by atoms with Gasteiger partial charge < -0.3 is 10.4 Å². The molecule has 2 rings (SSSR count). The van der Waals surface area contributed by atoms with Gasteiger partial charge in [-0.25, -0.2) is 9.78 Å². The Morgan fingerprint density at radius 3 is 2.86 bits per heavy atom. The molecule has 1 aliphatic carbocycles. The number of anilines is 1. The number of rotatable bonds is 7. The van der Waals surface area contributed by atoms with Gasteiger partial charge in [-0.3, -0.25) is 15.0 Å². The summed E-state index contributed by atoms with van der Waals surface area (Å²) in [5.74, 6) is -1.01. The zero-order valence-electron chi connectivity index (χ0n) is 11.9. The van der Waals surface area contributed by atoms with Crippen molar-refractivity contribution in [1.82, 2.24) is 9.88 Å². The van der Waals surface area contributed by atoms with Crippen LogP contribution in [0.5, 0.6) is 0 Å². The van der Waals surface area contributed by atoms with Gasteiger partial charge in [-0.1, -0.05) is 0 Å². The molecule has 1 saturated carbocycles. The van der Waals surface area contributed by atoms with E-state index in [9.17, 15) is 14.9 Å². The second-order valence-electron chi connectivity index (χ2n) is 5.28. The number of carboxylic acid groups (broad SMARTS) is 1. The van der Waals surface area contributed by atoms with E-state index in [2.05, 4.69) is 29.2 Å². The summed E-state index contributed by atoms with van der Waals surface area (Å²) in [7, 11) is 2.05. The number of likely N-dealkylation sites (N-methyl/N-ethyl adjacent to an activating group) is 1. The largest absolute Gasteiger partial charge is 0.477 e. The zero-order chi connectivity index (χ0) is 15.6. The minimum absolute atomic E-state index is 0.266. The Morgan fingerprint density at radius 2 is 2.33 bits per heavy atom. The minimum atomic E-state index is -1.34. The molecular weight excluding hydrogens is 276 g/mol. The summed E-state index contributed by atoms with van der Waals surface area (Å²) in [6.45, 7) is 2.66. The van der Waals surface area contributed by atoms with E-state index in [0.29, 0.717) is 18.4 Å². The first kappa shape index (κ1) is 15.2. The van der Waals surface area contributed by atoms with Crippen molar-refractivity contribution < 1.29 is 14.8 Å². The molecule has 1 aliphatic rings. The minimum Gasteiger partial charge on any atom is -0.477 e. The summed E-state index contributed by atoms with van der Waals surface area (Å²) in [5.41, 5.74) is -0.864. The molecule has 0 aliphatic heterocycles. The van der Waals surface area contributed by atoms with Crippen molar-refractivity contribution in [2.45, 2.75) is 31.8 Å². The predicted octanol–water partition coefficient (Wildman–Crippen LogP) is 1.58. The van der Waals surface area contributed by atoms with Gasteiger partial charge in [-0.15, -0.1) is 0 Å². The lowest BCUT2D eigenvalue weighted by molar-refractivity contribution is -0.385. The molecule has 114 valence electrons. The quantitative estimate of drug-likeness (QED) is 0.580. The van der Waals surface area contributed by atoms with Gasteiger partial charge in [0.2, 0.25) is 0 Å². The number of hydrogen-bond donors (Lipinski definition) is 2. The van der Waals surface area contributed by atoms with Gasteiger partial charge in [0.05, 0.1) is 4.92 Å². The number of nitrogens with zero attached hydrogens (tertiary/aromatic N) is 3. The summed E-state index contributed by atoms with van der Waals surface area (Å²) in [6, 6.07) is 2.09.